The van der Waals surface area contributed by atoms with Crippen molar-refractivity contribution in [2.45, 2.75) is 12.8 Å². The number of benzene rings is 2. The molecule has 3 amide bonds. The van der Waals surface area contributed by atoms with Gasteiger partial charge in [-0.05, 0) is 55.3 Å². The Morgan fingerprint density at radius 3 is 2.43 bits per heavy atom. The van der Waals surface area contributed by atoms with Crippen LogP contribution in [0.25, 0.3) is 0 Å². The van der Waals surface area contributed by atoms with E-state index >= 15 is 0 Å². The van der Waals surface area contributed by atoms with E-state index in [0.29, 0.717) is 56.0 Å². The second-order valence-corrected chi connectivity index (χ2v) is 7.42. The number of cyclic esters (lactones) is 1. The Bertz CT molecular complexity index is 952. The van der Waals surface area contributed by atoms with Gasteiger partial charge >= 0.3 is 12.1 Å². The number of anilines is 2. The van der Waals surface area contributed by atoms with Gasteiger partial charge in [0.1, 0.15) is 12.4 Å². The summed E-state index contributed by atoms with van der Waals surface area (Å²) in [5, 5.41) is 12.2. The van der Waals surface area contributed by atoms with E-state index in [2.05, 4.69) is 5.32 Å². The van der Waals surface area contributed by atoms with Gasteiger partial charge < -0.3 is 20.1 Å². The zero-order chi connectivity index (χ0) is 21.1. The molecule has 0 unspecified atom stereocenters. The third-order valence-corrected chi connectivity index (χ3v) is 5.47. The number of phenols is 1. The van der Waals surface area contributed by atoms with Crippen LogP contribution in [0.2, 0.25) is 0 Å². The van der Waals surface area contributed by atoms with Crippen molar-refractivity contribution in [3.8, 4) is 5.75 Å². The summed E-state index contributed by atoms with van der Waals surface area (Å²) in [7, 11) is 0. The van der Waals surface area contributed by atoms with Gasteiger partial charge in [0.15, 0.2) is 5.78 Å². The van der Waals surface area contributed by atoms with Crippen LogP contribution in [-0.2, 0) is 4.74 Å². The molecule has 0 radical (unpaired) electrons. The topological polar surface area (TPSA) is 99.2 Å². The number of amides is 3. The van der Waals surface area contributed by atoms with Gasteiger partial charge in [0.2, 0.25) is 0 Å². The van der Waals surface area contributed by atoms with Gasteiger partial charge in [0, 0.05) is 35.9 Å². The molecule has 8 heteroatoms. The van der Waals surface area contributed by atoms with Crippen LogP contribution in [0, 0.1) is 5.92 Å². The maximum atomic E-state index is 12.6. The third-order valence-electron chi connectivity index (χ3n) is 5.47. The van der Waals surface area contributed by atoms with Gasteiger partial charge in [-0.1, -0.05) is 6.07 Å². The molecule has 2 saturated heterocycles. The molecule has 8 nitrogen and oxygen atoms in total. The fourth-order valence-corrected chi connectivity index (χ4v) is 3.79. The number of nitrogens with one attached hydrogen (secondary N) is 1. The van der Waals surface area contributed by atoms with Gasteiger partial charge in [0.05, 0.1) is 6.54 Å². The number of hydrogen-bond donors (Lipinski definition) is 2. The summed E-state index contributed by atoms with van der Waals surface area (Å²) < 4.78 is 4.95. The fraction of sp³-hybridized carbons (Fsp3) is 0.318. The molecule has 156 valence electrons. The average Bonchev–Trinajstić information content (AvgIpc) is 3.20. The molecule has 2 aromatic rings. The Labute approximate surface area is 174 Å². The van der Waals surface area contributed by atoms with Crippen molar-refractivity contribution in [3.63, 3.8) is 0 Å². The van der Waals surface area contributed by atoms with E-state index in [1.807, 2.05) is 0 Å². The van der Waals surface area contributed by atoms with Crippen molar-refractivity contribution < 1.29 is 24.2 Å². The van der Waals surface area contributed by atoms with Crippen LogP contribution in [-0.4, -0.2) is 54.2 Å². The summed E-state index contributed by atoms with van der Waals surface area (Å²) in [6.07, 6.45) is 0.790. The van der Waals surface area contributed by atoms with E-state index in [4.69, 9.17) is 4.74 Å². The van der Waals surface area contributed by atoms with Crippen molar-refractivity contribution in [2.75, 3.05) is 36.5 Å². The number of carbonyl (C=O) groups is 3. The molecule has 2 aromatic carbocycles. The molecule has 0 bridgehead atoms. The number of ketones is 1. The second kappa shape index (κ2) is 8.44. The number of ether oxygens (including phenoxy) is 1. The lowest BCUT2D eigenvalue weighted by Crippen LogP contribution is -2.42. The number of hydrogen-bond acceptors (Lipinski definition) is 5. The number of Topliss-reactive ketones (excluding diaryl/α,β-unsaturated/α-hetero) is 1. The lowest BCUT2D eigenvalue weighted by atomic mass is 9.89. The molecule has 0 aliphatic carbocycles. The summed E-state index contributed by atoms with van der Waals surface area (Å²) in [5.74, 6) is 0.0343. The number of aromatic hydroxyl groups is 1. The van der Waals surface area contributed by atoms with Gasteiger partial charge in [0.25, 0.3) is 0 Å². The summed E-state index contributed by atoms with van der Waals surface area (Å²) in [6, 6.07) is 13.1. The highest BCUT2D eigenvalue weighted by Gasteiger charge is 2.28. The highest BCUT2D eigenvalue weighted by molar-refractivity contribution is 5.98. The Morgan fingerprint density at radius 2 is 1.77 bits per heavy atom. The molecule has 2 N–H and O–H groups in total. The van der Waals surface area contributed by atoms with Crippen molar-refractivity contribution in [1.29, 1.82) is 0 Å². The Kier molecular flexibility index (Phi) is 5.56. The molecule has 2 heterocycles. The van der Waals surface area contributed by atoms with Crippen LogP contribution in [0.1, 0.15) is 23.2 Å². The van der Waals surface area contributed by atoms with Crippen LogP contribution >= 0.6 is 0 Å². The van der Waals surface area contributed by atoms with E-state index in [9.17, 15) is 19.5 Å². The standard InChI is InChI=1S/C22H23N3O5/c26-19-6-4-15(5-7-19)20(27)16-8-10-24(11-9-16)21(28)23-17-2-1-3-18(14-17)25-12-13-30-22(25)29/h1-7,14,16,26H,8-13H2,(H,23,28). The average molecular weight is 409 g/mol. The smallest absolute Gasteiger partial charge is 0.414 e. The van der Waals surface area contributed by atoms with E-state index in [0.717, 1.165) is 0 Å². The monoisotopic (exact) mass is 409 g/mol. The SMILES string of the molecule is O=C(c1ccc(O)cc1)C1CCN(C(=O)Nc2cccc(N3CCOC3=O)c2)CC1. The van der Waals surface area contributed by atoms with Gasteiger partial charge in [-0.25, -0.2) is 9.59 Å². The molecule has 0 saturated carbocycles. The Morgan fingerprint density at radius 1 is 1.03 bits per heavy atom. The largest absolute Gasteiger partial charge is 0.508 e. The number of likely N-dealkylation sites (tertiary alicyclic amines) is 1. The van der Waals surface area contributed by atoms with Crippen LogP contribution in [0.15, 0.2) is 48.5 Å². The van der Waals surface area contributed by atoms with Crippen molar-refractivity contribution >= 4 is 29.3 Å². The number of nitrogens with zero attached hydrogens (tertiary/aromatic N) is 2. The summed E-state index contributed by atoms with van der Waals surface area (Å²) in [5.41, 5.74) is 1.85. The maximum Gasteiger partial charge on any atom is 0.414 e. The maximum absolute atomic E-state index is 12.6. The van der Waals surface area contributed by atoms with Gasteiger partial charge in [-0.3, -0.25) is 9.69 Å². The van der Waals surface area contributed by atoms with Crippen molar-refractivity contribution in [1.82, 2.24) is 4.90 Å². The fourth-order valence-electron chi connectivity index (χ4n) is 3.79. The number of piperidine rings is 1. The lowest BCUT2D eigenvalue weighted by Gasteiger charge is -2.31. The molecule has 0 spiro atoms. The first-order valence-electron chi connectivity index (χ1n) is 9.95. The molecule has 4 rings (SSSR count). The molecule has 2 aliphatic heterocycles. The molecule has 2 fully saturated rings. The van der Waals surface area contributed by atoms with Crippen LogP contribution in [0.5, 0.6) is 5.75 Å². The predicted molar refractivity (Wildman–Crippen MR) is 111 cm³/mol. The summed E-state index contributed by atoms with van der Waals surface area (Å²) in [4.78, 5) is 40.2. The Hall–Kier alpha value is -3.55. The van der Waals surface area contributed by atoms with Crippen LogP contribution < -0.4 is 10.2 Å². The van der Waals surface area contributed by atoms with E-state index in [1.165, 1.54) is 17.0 Å². The van der Waals surface area contributed by atoms with Gasteiger partial charge in [-0.2, -0.15) is 0 Å². The third kappa shape index (κ3) is 4.22. The quantitative estimate of drug-likeness (QED) is 0.754. The van der Waals surface area contributed by atoms with Crippen molar-refractivity contribution in [3.05, 3.63) is 54.1 Å². The minimum absolute atomic E-state index is 0.0419. The zero-order valence-electron chi connectivity index (χ0n) is 16.4. The molecule has 0 atom stereocenters. The number of phenolic OH excluding ortho intramolecular Hbond substituents is 1. The number of rotatable bonds is 4. The highest BCUT2D eigenvalue weighted by atomic mass is 16.6. The predicted octanol–water partition coefficient (Wildman–Crippen LogP) is 3.48. The summed E-state index contributed by atoms with van der Waals surface area (Å²) >= 11 is 0. The van der Waals surface area contributed by atoms with Gasteiger partial charge in [-0.15, -0.1) is 0 Å². The van der Waals surface area contributed by atoms with Crippen LogP contribution in [0.3, 0.4) is 0 Å². The minimum atomic E-state index is -0.390. The first-order chi connectivity index (χ1) is 14.5. The van der Waals surface area contributed by atoms with E-state index < -0.39 is 0 Å². The second-order valence-electron chi connectivity index (χ2n) is 7.42. The minimum Gasteiger partial charge on any atom is -0.508 e. The molecule has 2 aliphatic rings. The number of carbonyl (C=O) groups excluding carboxylic acids is 3. The molecule has 30 heavy (non-hydrogen) atoms. The zero-order valence-corrected chi connectivity index (χ0v) is 16.4. The first-order valence-corrected chi connectivity index (χ1v) is 9.95. The summed E-state index contributed by atoms with van der Waals surface area (Å²) in [6.45, 7) is 1.81. The van der Waals surface area contributed by atoms with E-state index in [-0.39, 0.29) is 29.6 Å². The Balaban J connectivity index is 1.33. The lowest BCUT2D eigenvalue weighted by molar-refractivity contribution is 0.0859. The first kappa shape index (κ1) is 19.8. The number of urea groups is 1. The van der Waals surface area contributed by atoms with Crippen LogP contribution in [0.4, 0.5) is 21.0 Å². The van der Waals surface area contributed by atoms with E-state index in [1.54, 1.807) is 41.3 Å². The molecular formula is C22H23N3O5. The molecule has 0 aromatic heterocycles. The highest BCUT2D eigenvalue weighted by Crippen LogP contribution is 2.25. The normalized spacial score (nSPS) is 17.0. The van der Waals surface area contributed by atoms with Crippen molar-refractivity contribution in [2.24, 2.45) is 5.92 Å². The molecular weight excluding hydrogens is 386 g/mol.